The van der Waals surface area contributed by atoms with Crippen LogP contribution in [0.4, 0.5) is 0 Å². The van der Waals surface area contributed by atoms with Gasteiger partial charge in [-0.15, -0.1) is 0 Å². The molecule has 112 valence electrons. The van der Waals surface area contributed by atoms with Crippen LogP contribution < -0.4 is 4.87 Å². The van der Waals surface area contributed by atoms with Gasteiger partial charge in [0.25, 0.3) is 0 Å². The smallest absolute Gasteiger partial charge is 0.304 e. The van der Waals surface area contributed by atoms with Crippen LogP contribution in [0.1, 0.15) is 38.8 Å². The zero-order chi connectivity index (χ0) is 14.1. The molecule has 2 aliphatic heterocycles. The fraction of sp³-hybridized carbons (Fsp3) is 0.800. The summed E-state index contributed by atoms with van der Waals surface area (Å²) in [5, 5.41) is 1.98. The minimum Gasteiger partial charge on any atom is -0.315 e. The van der Waals surface area contributed by atoms with E-state index in [1.165, 1.54) is 43.7 Å². The van der Waals surface area contributed by atoms with Gasteiger partial charge < -0.3 is 4.98 Å². The van der Waals surface area contributed by atoms with Crippen molar-refractivity contribution >= 4 is 11.3 Å². The molecule has 0 radical (unpaired) electrons. The molecule has 0 amide bonds. The molecule has 0 saturated carbocycles. The van der Waals surface area contributed by atoms with Crippen molar-refractivity contribution in [2.75, 3.05) is 19.6 Å². The van der Waals surface area contributed by atoms with Crippen molar-refractivity contribution in [2.24, 2.45) is 5.92 Å². The summed E-state index contributed by atoms with van der Waals surface area (Å²) in [6.45, 7) is 9.15. The highest BCUT2D eigenvalue weighted by Crippen LogP contribution is 2.27. The monoisotopic (exact) mass is 295 g/mol. The third kappa shape index (κ3) is 3.00. The van der Waals surface area contributed by atoms with E-state index in [1.54, 1.807) is 0 Å². The molecule has 1 aromatic rings. The number of hydrogen-bond donors (Lipinski definition) is 1. The number of nitrogens with zero attached hydrogens (tertiary/aromatic N) is 2. The lowest BCUT2D eigenvalue weighted by Gasteiger charge is -2.49. The number of nitrogens with one attached hydrogen (secondary N) is 1. The van der Waals surface area contributed by atoms with Crippen molar-refractivity contribution in [3.8, 4) is 0 Å². The van der Waals surface area contributed by atoms with Crippen LogP contribution in [-0.4, -0.2) is 46.5 Å². The summed E-state index contributed by atoms with van der Waals surface area (Å²) < 4.78 is 0. The molecule has 0 spiro atoms. The SMILES string of the molecule is CC(C)C1CN2CCCCC2CN1Cc1csc(=O)[nH]1. The Labute approximate surface area is 124 Å². The van der Waals surface area contributed by atoms with Crippen LogP contribution in [0.25, 0.3) is 0 Å². The fourth-order valence-electron chi connectivity index (χ4n) is 3.69. The zero-order valence-electron chi connectivity index (χ0n) is 12.5. The summed E-state index contributed by atoms with van der Waals surface area (Å²) in [5.74, 6) is 0.656. The Kier molecular flexibility index (Phi) is 4.29. The summed E-state index contributed by atoms with van der Waals surface area (Å²) >= 11 is 1.28. The highest BCUT2D eigenvalue weighted by Gasteiger charge is 2.36. The van der Waals surface area contributed by atoms with Gasteiger partial charge in [-0.2, -0.15) is 0 Å². The van der Waals surface area contributed by atoms with Gasteiger partial charge in [-0.25, -0.2) is 0 Å². The molecule has 1 aromatic heterocycles. The van der Waals surface area contributed by atoms with Crippen LogP contribution in [-0.2, 0) is 6.54 Å². The Balaban J connectivity index is 1.74. The molecule has 2 aliphatic rings. The van der Waals surface area contributed by atoms with E-state index in [-0.39, 0.29) is 4.87 Å². The molecule has 0 bridgehead atoms. The summed E-state index contributed by atoms with van der Waals surface area (Å²) in [7, 11) is 0. The van der Waals surface area contributed by atoms with Gasteiger partial charge in [0.1, 0.15) is 0 Å². The van der Waals surface area contributed by atoms with Gasteiger partial charge in [-0.1, -0.05) is 31.6 Å². The lowest BCUT2D eigenvalue weighted by molar-refractivity contribution is -0.0123. The molecule has 0 aliphatic carbocycles. The number of piperazine rings is 1. The highest BCUT2D eigenvalue weighted by atomic mass is 32.1. The second-order valence-electron chi connectivity index (χ2n) is 6.56. The topological polar surface area (TPSA) is 39.3 Å². The van der Waals surface area contributed by atoms with E-state index in [1.807, 2.05) is 5.38 Å². The molecule has 5 heteroatoms. The molecule has 20 heavy (non-hydrogen) atoms. The molecule has 1 N–H and O–H groups in total. The Morgan fingerprint density at radius 2 is 2.25 bits per heavy atom. The van der Waals surface area contributed by atoms with E-state index in [9.17, 15) is 4.79 Å². The number of fused-ring (bicyclic) bond motifs is 1. The molecule has 2 fully saturated rings. The van der Waals surface area contributed by atoms with E-state index in [4.69, 9.17) is 0 Å². The van der Waals surface area contributed by atoms with Crippen molar-refractivity contribution in [3.63, 3.8) is 0 Å². The molecular formula is C15H25N3OS. The second kappa shape index (κ2) is 6.00. The van der Waals surface area contributed by atoms with Crippen LogP contribution in [0.5, 0.6) is 0 Å². The van der Waals surface area contributed by atoms with Gasteiger partial charge in [0.2, 0.25) is 0 Å². The summed E-state index contributed by atoms with van der Waals surface area (Å²) in [6, 6.07) is 1.33. The molecular weight excluding hydrogens is 270 g/mol. The highest BCUT2D eigenvalue weighted by molar-refractivity contribution is 7.07. The van der Waals surface area contributed by atoms with E-state index in [2.05, 4.69) is 28.6 Å². The summed E-state index contributed by atoms with van der Waals surface area (Å²) in [4.78, 5) is 19.6. The third-order valence-corrected chi connectivity index (χ3v) is 5.52. The number of hydrogen-bond acceptors (Lipinski definition) is 4. The van der Waals surface area contributed by atoms with Crippen molar-refractivity contribution < 1.29 is 0 Å². The Morgan fingerprint density at radius 3 is 2.95 bits per heavy atom. The number of piperidine rings is 1. The van der Waals surface area contributed by atoms with E-state index >= 15 is 0 Å². The minimum absolute atomic E-state index is 0.0670. The van der Waals surface area contributed by atoms with Gasteiger partial charge in [-0.3, -0.25) is 14.6 Å². The first kappa shape index (κ1) is 14.3. The number of thiazole rings is 1. The predicted octanol–water partition coefficient (Wildman–Crippen LogP) is 2.13. The zero-order valence-corrected chi connectivity index (χ0v) is 13.3. The fourth-order valence-corrected chi connectivity index (χ4v) is 4.27. The standard InChI is InChI=1S/C15H25N3OS/c1-11(2)14-9-17-6-4-3-5-13(17)8-18(14)7-12-10-20-15(19)16-12/h10-11,13-14H,3-9H2,1-2H3,(H,16,19). The lowest BCUT2D eigenvalue weighted by Crippen LogP contribution is -2.60. The van der Waals surface area contributed by atoms with Crippen molar-refractivity contribution in [1.82, 2.24) is 14.8 Å². The number of aromatic amines is 1. The Bertz CT molecular complexity index is 495. The van der Waals surface area contributed by atoms with Crippen LogP contribution in [0.3, 0.4) is 0 Å². The first-order valence-corrected chi connectivity index (χ1v) is 8.66. The van der Waals surface area contributed by atoms with E-state index in [0.29, 0.717) is 12.0 Å². The predicted molar refractivity (Wildman–Crippen MR) is 83.2 cm³/mol. The minimum atomic E-state index is 0.0670. The van der Waals surface area contributed by atoms with Crippen molar-refractivity contribution in [1.29, 1.82) is 0 Å². The second-order valence-corrected chi connectivity index (χ2v) is 7.40. The van der Waals surface area contributed by atoms with Crippen molar-refractivity contribution in [3.05, 3.63) is 20.7 Å². The lowest BCUT2D eigenvalue weighted by atomic mass is 9.92. The van der Waals surface area contributed by atoms with E-state index < -0.39 is 0 Å². The van der Waals surface area contributed by atoms with Crippen LogP contribution in [0, 0.1) is 5.92 Å². The van der Waals surface area contributed by atoms with Crippen LogP contribution >= 0.6 is 11.3 Å². The maximum atomic E-state index is 11.3. The average molecular weight is 295 g/mol. The molecule has 4 nitrogen and oxygen atoms in total. The Hall–Kier alpha value is -0.650. The average Bonchev–Trinajstić information content (AvgIpc) is 2.83. The maximum Gasteiger partial charge on any atom is 0.304 e. The van der Waals surface area contributed by atoms with Crippen LogP contribution in [0.15, 0.2) is 10.2 Å². The van der Waals surface area contributed by atoms with Crippen LogP contribution in [0.2, 0.25) is 0 Å². The van der Waals surface area contributed by atoms with Gasteiger partial charge >= 0.3 is 4.87 Å². The third-order valence-electron chi connectivity index (χ3n) is 4.80. The Morgan fingerprint density at radius 1 is 1.40 bits per heavy atom. The maximum absolute atomic E-state index is 11.3. The van der Waals surface area contributed by atoms with E-state index in [0.717, 1.165) is 24.8 Å². The number of H-pyrrole nitrogens is 1. The molecule has 2 atom stereocenters. The first-order chi connectivity index (χ1) is 9.63. The first-order valence-electron chi connectivity index (χ1n) is 7.78. The summed E-state index contributed by atoms with van der Waals surface area (Å²) in [5.41, 5.74) is 1.08. The molecule has 2 unspecified atom stereocenters. The van der Waals surface area contributed by atoms with Gasteiger partial charge in [0.15, 0.2) is 0 Å². The van der Waals surface area contributed by atoms with Crippen molar-refractivity contribution in [2.45, 2.75) is 51.7 Å². The molecule has 2 saturated heterocycles. The largest absolute Gasteiger partial charge is 0.315 e. The van der Waals surface area contributed by atoms with Gasteiger partial charge in [-0.05, 0) is 25.3 Å². The number of rotatable bonds is 3. The number of aromatic nitrogens is 1. The molecule has 3 rings (SSSR count). The quantitative estimate of drug-likeness (QED) is 0.928. The summed E-state index contributed by atoms with van der Waals surface area (Å²) in [6.07, 6.45) is 4.07. The van der Waals surface area contributed by atoms with Gasteiger partial charge in [0.05, 0.1) is 0 Å². The molecule has 0 aromatic carbocycles. The normalized spacial score (nSPS) is 28.8. The molecule has 3 heterocycles. The van der Waals surface area contributed by atoms with Gasteiger partial charge in [0, 0.05) is 42.8 Å².